The number of thiocarbonyl (C=S) groups is 1. The van der Waals surface area contributed by atoms with Crippen molar-refractivity contribution in [2.75, 3.05) is 11.9 Å². The topological polar surface area (TPSA) is 72.4 Å². The summed E-state index contributed by atoms with van der Waals surface area (Å²) in [4.78, 5) is 13.8. The molecule has 1 aromatic heterocycles. The first-order valence-corrected chi connectivity index (χ1v) is 5.58. The summed E-state index contributed by atoms with van der Waals surface area (Å²) in [5, 5.41) is 3.60. The Morgan fingerprint density at radius 2 is 2.22 bits per heavy atom. The highest BCUT2D eigenvalue weighted by Gasteiger charge is 2.16. The molecule has 0 bridgehead atoms. The van der Waals surface area contributed by atoms with E-state index in [4.69, 9.17) is 18.0 Å². The van der Waals surface area contributed by atoms with Gasteiger partial charge in [0, 0.05) is 24.4 Å². The van der Waals surface area contributed by atoms with Gasteiger partial charge in [0.05, 0.1) is 0 Å². The van der Waals surface area contributed by atoms with Gasteiger partial charge in [0.1, 0.15) is 11.3 Å². The summed E-state index contributed by atoms with van der Waals surface area (Å²) in [6, 6.07) is 8.63. The third kappa shape index (κ3) is 2.38. The molecule has 0 radical (unpaired) electrons. The van der Waals surface area contributed by atoms with Crippen LogP contribution in [0.2, 0.25) is 0 Å². The Labute approximate surface area is 109 Å². The number of hydrogen-bond donors (Lipinski definition) is 1. The van der Waals surface area contributed by atoms with Crippen LogP contribution in [-0.2, 0) is 0 Å². The van der Waals surface area contributed by atoms with Gasteiger partial charge in [-0.1, -0.05) is 29.5 Å². The predicted octanol–water partition coefficient (Wildman–Crippen LogP) is 1.59. The third-order valence-electron chi connectivity index (χ3n) is 2.48. The minimum atomic E-state index is -0.260. The molecule has 0 fully saturated rings. The van der Waals surface area contributed by atoms with Crippen molar-refractivity contribution in [3.63, 3.8) is 0 Å². The van der Waals surface area contributed by atoms with Crippen LogP contribution in [0, 0.1) is 0 Å². The Kier molecular flexibility index (Phi) is 3.38. The highest BCUT2D eigenvalue weighted by molar-refractivity contribution is 7.80. The highest BCUT2D eigenvalue weighted by atomic mass is 32.1. The number of hydrogen-bond acceptors (Lipinski definition) is 4. The second kappa shape index (κ2) is 4.97. The summed E-state index contributed by atoms with van der Waals surface area (Å²) in [5.41, 5.74) is 7.20. The van der Waals surface area contributed by atoms with Crippen molar-refractivity contribution < 1.29 is 9.32 Å². The number of amides is 1. The van der Waals surface area contributed by atoms with Crippen molar-refractivity contribution in [1.29, 1.82) is 0 Å². The van der Waals surface area contributed by atoms with Gasteiger partial charge in [0.15, 0.2) is 5.69 Å². The number of anilines is 1. The van der Waals surface area contributed by atoms with Gasteiger partial charge in [-0.15, -0.1) is 0 Å². The van der Waals surface area contributed by atoms with E-state index in [-0.39, 0.29) is 11.6 Å². The Morgan fingerprint density at radius 3 is 2.83 bits per heavy atom. The monoisotopic (exact) mass is 261 g/mol. The lowest BCUT2D eigenvalue weighted by Gasteiger charge is -2.16. The first kappa shape index (κ1) is 12.3. The minimum Gasteiger partial charge on any atom is -0.389 e. The number of nitrogens with two attached hydrogens (primary N) is 1. The summed E-state index contributed by atoms with van der Waals surface area (Å²) in [6.07, 6.45) is 1.35. The summed E-state index contributed by atoms with van der Waals surface area (Å²) in [5.74, 6) is -0.260. The first-order chi connectivity index (χ1) is 8.59. The molecule has 18 heavy (non-hydrogen) atoms. The molecule has 1 aromatic carbocycles. The quantitative estimate of drug-likeness (QED) is 0.849. The van der Waals surface area contributed by atoms with Crippen molar-refractivity contribution >= 4 is 28.8 Å². The Balaban J connectivity index is 2.29. The molecule has 0 aliphatic rings. The molecule has 2 N–H and O–H groups in total. The van der Waals surface area contributed by atoms with Gasteiger partial charge < -0.3 is 15.2 Å². The molecule has 0 saturated heterocycles. The SMILES string of the molecule is CN(C(=O)c1ccon1)c1cccc(C(N)=S)c1. The summed E-state index contributed by atoms with van der Waals surface area (Å²) in [7, 11) is 1.65. The predicted molar refractivity (Wildman–Crippen MR) is 71.6 cm³/mol. The highest BCUT2D eigenvalue weighted by Crippen LogP contribution is 2.16. The molecule has 5 nitrogen and oxygen atoms in total. The molecule has 0 aliphatic carbocycles. The molecule has 0 atom stereocenters. The zero-order valence-electron chi connectivity index (χ0n) is 9.66. The van der Waals surface area contributed by atoms with Crippen LogP contribution in [-0.4, -0.2) is 23.1 Å². The largest absolute Gasteiger partial charge is 0.389 e. The molecule has 1 amide bonds. The fourth-order valence-corrected chi connectivity index (χ4v) is 1.61. The second-order valence-electron chi connectivity index (χ2n) is 3.66. The lowest BCUT2D eigenvalue weighted by atomic mass is 10.2. The number of aromatic nitrogens is 1. The molecule has 2 rings (SSSR count). The molecule has 0 saturated carbocycles. The van der Waals surface area contributed by atoms with E-state index in [9.17, 15) is 4.79 Å². The van der Waals surface area contributed by atoms with Crippen LogP contribution in [0.25, 0.3) is 0 Å². The first-order valence-electron chi connectivity index (χ1n) is 5.18. The van der Waals surface area contributed by atoms with E-state index >= 15 is 0 Å². The van der Waals surface area contributed by atoms with E-state index in [1.807, 2.05) is 0 Å². The lowest BCUT2D eigenvalue weighted by molar-refractivity contribution is 0.0984. The smallest absolute Gasteiger partial charge is 0.280 e. The summed E-state index contributed by atoms with van der Waals surface area (Å²) < 4.78 is 4.65. The molecule has 6 heteroatoms. The molecule has 0 unspecified atom stereocenters. The molecular formula is C12H11N3O2S. The van der Waals surface area contributed by atoms with Crippen LogP contribution in [0.1, 0.15) is 16.1 Å². The van der Waals surface area contributed by atoms with Crippen molar-refractivity contribution in [2.24, 2.45) is 5.73 Å². The number of nitrogens with zero attached hydrogens (tertiary/aromatic N) is 2. The van der Waals surface area contributed by atoms with Crippen molar-refractivity contribution in [3.05, 3.63) is 47.9 Å². The Morgan fingerprint density at radius 1 is 1.44 bits per heavy atom. The van der Waals surface area contributed by atoms with Crippen LogP contribution in [0.3, 0.4) is 0 Å². The van der Waals surface area contributed by atoms with Crippen LogP contribution in [0.15, 0.2) is 41.1 Å². The molecule has 0 spiro atoms. The van der Waals surface area contributed by atoms with Crippen LogP contribution < -0.4 is 10.6 Å². The van der Waals surface area contributed by atoms with E-state index in [2.05, 4.69) is 9.68 Å². The molecule has 0 aliphatic heterocycles. The standard InChI is InChI=1S/C12H11N3O2S/c1-15(12(16)10-5-6-17-14-10)9-4-2-3-8(7-9)11(13)18/h2-7H,1H3,(H2,13,18). The zero-order valence-corrected chi connectivity index (χ0v) is 10.5. The van der Waals surface area contributed by atoms with E-state index in [1.165, 1.54) is 17.2 Å². The third-order valence-corrected chi connectivity index (χ3v) is 2.72. The van der Waals surface area contributed by atoms with E-state index < -0.39 is 0 Å². The van der Waals surface area contributed by atoms with Crippen LogP contribution >= 0.6 is 12.2 Å². The minimum absolute atomic E-state index is 0.248. The number of rotatable bonds is 3. The lowest BCUT2D eigenvalue weighted by Crippen LogP contribution is -2.26. The normalized spacial score (nSPS) is 10.1. The summed E-state index contributed by atoms with van der Waals surface area (Å²) >= 11 is 4.90. The van der Waals surface area contributed by atoms with Crippen molar-refractivity contribution in [1.82, 2.24) is 5.16 Å². The number of benzene rings is 1. The summed E-state index contributed by atoms with van der Waals surface area (Å²) in [6.45, 7) is 0. The molecular weight excluding hydrogens is 250 g/mol. The van der Waals surface area contributed by atoms with Crippen molar-refractivity contribution in [3.8, 4) is 0 Å². The van der Waals surface area contributed by atoms with E-state index in [0.29, 0.717) is 16.2 Å². The van der Waals surface area contributed by atoms with Gasteiger partial charge in [-0.3, -0.25) is 4.79 Å². The zero-order chi connectivity index (χ0) is 13.1. The van der Waals surface area contributed by atoms with Crippen LogP contribution in [0.4, 0.5) is 5.69 Å². The Bertz CT molecular complexity index is 581. The average Bonchev–Trinajstić information content (AvgIpc) is 2.91. The maximum Gasteiger partial charge on any atom is 0.280 e. The molecule has 2 aromatic rings. The van der Waals surface area contributed by atoms with Gasteiger partial charge in [-0.05, 0) is 12.1 Å². The fourth-order valence-electron chi connectivity index (χ4n) is 1.48. The number of carbonyl (C=O) groups excluding carboxylic acids is 1. The van der Waals surface area contributed by atoms with E-state index in [1.54, 1.807) is 31.3 Å². The van der Waals surface area contributed by atoms with Crippen molar-refractivity contribution in [2.45, 2.75) is 0 Å². The van der Waals surface area contributed by atoms with E-state index in [0.717, 1.165) is 0 Å². The maximum absolute atomic E-state index is 12.0. The van der Waals surface area contributed by atoms with Gasteiger partial charge >= 0.3 is 0 Å². The maximum atomic E-state index is 12.0. The number of carbonyl (C=O) groups is 1. The van der Waals surface area contributed by atoms with Gasteiger partial charge in [-0.2, -0.15) is 0 Å². The Hall–Kier alpha value is -2.21. The van der Waals surface area contributed by atoms with Gasteiger partial charge in [0.2, 0.25) is 0 Å². The second-order valence-corrected chi connectivity index (χ2v) is 4.10. The average molecular weight is 261 g/mol. The van der Waals surface area contributed by atoms with Crippen LogP contribution in [0.5, 0.6) is 0 Å². The van der Waals surface area contributed by atoms with Gasteiger partial charge in [0.25, 0.3) is 5.91 Å². The van der Waals surface area contributed by atoms with Gasteiger partial charge in [-0.25, -0.2) is 0 Å². The molecule has 1 heterocycles. The fraction of sp³-hybridized carbons (Fsp3) is 0.0833. The molecule has 92 valence electrons.